The second-order valence-electron chi connectivity index (χ2n) is 5.47. The summed E-state index contributed by atoms with van der Waals surface area (Å²) < 4.78 is 5.76. The Hall–Kier alpha value is -2.09. The van der Waals surface area contributed by atoms with Gasteiger partial charge in [-0.3, -0.25) is 4.79 Å². The van der Waals surface area contributed by atoms with Crippen LogP contribution in [-0.2, 0) is 4.79 Å². The normalized spacial score (nSPS) is 10.4. The number of unbranched alkanes of at least 4 members (excludes halogenated alkanes) is 4. The van der Waals surface area contributed by atoms with Crippen LogP contribution in [0.4, 0.5) is 0 Å². The molecule has 2 aromatic rings. The third kappa shape index (κ3) is 5.03. The number of rotatable bonds is 9. The molecular formula is C20H23O2. The minimum atomic E-state index is 0.576. The molecule has 0 aliphatic rings. The Morgan fingerprint density at radius 2 is 1.41 bits per heavy atom. The van der Waals surface area contributed by atoms with Crippen LogP contribution in [0.5, 0.6) is 5.75 Å². The SMILES string of the molecule is CCCCCCCOc1ccc(-c2ccc([C]=O)cc2)cc1. The molecule has 0 spiro atoms. The van der Waals surface area contributed by atoms with E-state index < -0.39 is 0 Å². The van der Waals surface area contributed by atoms with Gasteiger partial charge in [-0.2, -0.15) is 0 Å². The van der Waals surface area contributed by atoms with Crippen molar-refractivity contribution in [3.05, 3.63) is 54.1 Å². The van der Waals surface area contributed by atoms with Gasteiger partial charge in [0.05, 0.1) is 6.61 Å². The van der Waals surface area contributed by atoms with Gasteiger partial charge in [0.15, 0.2) is 0 Å². The van der Waals surface area contributed by atoms with E-state index in [4.69, 9.17) is 4.74 Å². The maximum Gasteiger partial charge on any atom is 0.233 e. The van der Waals surface area contributed by atoms with Crippen LogP contribution >= 0.6 is 0 Å². The molecule has 0 atom stereocenters. The Morgan fingerprint density at radius 3 is 2.00 bits per heavy atom. The van der Waals surface area contributed by atoms with Gasteiger partial charge in [0.2, 0.25) is 6.29 Å². The molecule has 115 valence electrons. The first-order chi connectivity index (χ1) is 10.8. The molecule has 2 nitrogen and oxygen atoms in total. The Morgan fingerprint density at radius 1 is 0.818 bits per heavy atom. The Labute approximate surface area is 133 Å². The molecule has 0 amide bonds. The van der Waals surface area contributed by atoms with Crippen LogP contribution < -0.4 is 4.74 Å². The number of hydrogen-bond acceptors (Lipinski definition) is 2. The van der Waals surface area contributed by atoms with E-state index in [0.29, 0.717) is 5.56 Å². The summed E-state index contributed by atoms with van der Waals surface area (Å²) in [4.78, 5) is 10.5. The van der Waals surface area contributed by atoms with Crippen molar-refractivity contribution in [3.63, 3.8) is 0 Å². The Bertz CT molecular complexity index is 555. The Balaban J connectivity index is 1.83. The zero-order chi connectivity index (χ0) is 15.6. The van der Waals surface area contributed by atoms with Gasteiger partial charge >= 0.3 is 0 Å². The van der Waals surface area contributed by atoms with Crippen LogP contribution in [0.25, 0.3) is 11.1 Å². The van der Waals surface area contributed by atoms with Gasteiger partial charge in [0.1, 0.15) is 5.75 Å². The second-order valence-corrected chi connectivity index (χ2v) is 5.47. The first kappa shape index (κ1) is 16.3. The molecule has 0 saturated carbocycles. The van der Waals surface area contributed by atoms with Crippen molar-refractivity contribution < 1.29 is 9.53 Å². The lowest BCUT2D eigenvalue weighted by molar-refractivity contribution is 0.304. The molecule has 0 bridgehead atoms. The maximum absolute atomic E-state index is 10.5. The molecule has 2 rings (SSSR count). The predicted octanol–water partition coefficient (Wildman–Crippen LogP) is 5.16. The van der Waals surface area contributed by atoms with Gasteiger partial charge in [-0.15, -0.1) is 0 Å². The van der Waals surface area contributed by atoms with E-state index in [9.17, 15) is 4.79 Å². The molecule has 0 unspecified atom stereocenters. The first-order valence-corrected chi connectivity index (χ1v) is 8.05. The summed E-state index contributed by atoms with van der Waals surface area (Å²) in [5.74, 6) is 0.914. The molecule has 2 heteroatoms. The van der Waals surface area contributed by atoms with Crippen LogP contribution in [-0.4, -0.2) is 12.9 Å². The number of hydrogen-bond donors (Lipinski definition) is 0. The second kappa shape index (κ2) is 9.04. The third-order valence-corrected chi connectivity index (χ3v) is 3.71. The molecular weight excluding hydrogens is 272 g/mol. The predicted molar refractivity (Wildman–Crippen MR) is 90.9 cm³/mol. The highest BCUT2D eigenvalue weighted by Crippen LogP contribution is 2.22. The Kier molecular flexibility index (Phi) is 6.69. The fourth-order valence-corrected chi connectivity index (χ4v) is 2.37. The molecule has 0 heterocycles. The third-order valence-electron chi connectivity index (χ3n) is 3.71. The summed E-state index contributed by atoms with van der Waals surface area (Å²) in [7, 11) is 0. The summed E-state index contributed by atoms with van der Waals surface area (Å²) in [6, 6.07) is 15.5. The van der Waals surface area contributed by atoms with Crippen molar-refractivity contribution in [2.45, 2.75) is 39.0 Å². The zero-order valence-electron chi connectivity index (χ0n) is 13.2. The highest BCUT2D eigenvalue weighted by Gasteiger charge is 2.00. The summed E-state index contributed by atoms with van der Waals surface area (Å²) in [5, 5.41) is 0. The fraction of sp³-hybridized carbons (Fsp3) is 0.350. The topological polar surface area (TPSA) is 26.3 Å². The summed E-state index contributed by atoms with van der Waals surface area (Å²) >= 11 is 0. The quantitative estimate of drug-likeness (QED) is 0.597. The minimum Gasteiger partial charge on any atom is -0.494 e. The first-order valence-electron chi connectivity index (χ1n) is 8.05. The average molecular weight is 295 g/mol. The van der Waals surface area contributed by atoms with Gasteiger partial charge in [0.25, 0.3) is 0 Å². The highest BCUT2D eigenvalue weighted by atomic mass is 16.5. The van der Waals surface area contributed by atoms with Crippen molar-refractivity contribution in [1.29, 1.82) is 0 Å². The van der Waals surface area contributed by atoms with Crippen LogP contribution in [0.3, 0.4) is 0 Å². The monoisotopic (exact) mass is 295 g/mol. The van der Waals surface area contributed by atoms with Crippen molar-refractivity contribution in [2.24, 2.45) is 0 Å². The highest BCUT2D eigenvalue weighted by molar-refractivity contribution is 5.77. The summed E-state index contributed by atoms with van der Waals surface area (Å²) in [6.07, 6.45) is 8.13. The van der Waals surface area contributed by atoms with Gasteiger partial charge in [-0.25, -0.2) is 0 Å². The molecule has 0 aliphatic heterocycles. The van der Waals surface area contributed by atoms with Crippen LogP contribution in [0.2, 0.25) is 0 Å². The molecule has 1 radical (unpaired) electrons. The summed E-state index contributed by atoms with van der Waals surface area (Å²) in [5.41, 5.74) is 2.78. The van der Waals surface area contributed by atoms with Crippen molar-refractivity contribution in [1.82, 2.24) is 0 Å². The number of carbonyl (C=O) groups excluding carboxylic acids is 1. The lowest BCUT2D eigenvalue weighted by atomic mass is 10.0. The van der Waals surface area contributed by atoms with E-state index in [-0.39, 0.29) is 0 Å². The van der Waals surface area contributed by atoms with Gasteiger partial charge < -0.3 is 4.74 Å². The number of benzene rings is 2. The van der Waals surface area contributed by atoms with E-state index in [1.54, 1.807) is 12.1 Å². The molecule has 22 heavy (non-hydrogen) atoms. The molecule has 0 N–H and O–H groups in total. The minimum absolute atomic E-state index is 0.576. The van der Waals surface area contributed by atoms with E-state index in [0.717, 1.165) is 29.9 Å². The maximum atomic E-state index is 10.5. The van der Waals surface area contributed by atoms with Gasteiger partial charge in [-0.1, -0.05) is 69.0 Å². The van der Waals surface area contributed by atoms with Crippen molar-refractivity contribution in [2.75, 3.05) is 6.61 Å². The molecule has 0 aliphatic carbocycles. The van der Waals surface area contributed by atoms with Crippen LogP contribution in [0.1, 0.15) is 44.6 Å². The van der Waals surface area contributed by atoms with E-state index in [1.807, 2.05) is 42.7 Å². The smallest absolute Gasteiger partial charge is 0.233 e. The molecule has 2 aromatic carbocycles. The molecule has 0 fully saturated rings. The number of ether oxygens (including phenoxy) is 1. The molecule has 0 aromatic heterocycles. The van der Waals surface area contributed by atoms with Crippen molar-refractivity contribution in [3.8, 4) is 16.9 Å². The molecule has 0 saturated heterocycles. The van der Waals surface area contributed by atoms with Gasteiger partial charge in [0, 0.05) is 5.56 Å². The summed E-state index contributed by atoms with van der Waals surface area (Å²) in [6.45, 7) is 3.01. The fourth-order valence-electron chi connectivity index (χ4n) is 2.37. The lowest BCUT2D eigenvalue weighted by Crippen LogP contribution is -1.97. The lowest BCUT2D eigenvalue weighted by Gasteiger charge is -2.07. The largest absolute Gasteiger partial charge is 0.494 e. The van der Waals surface area contributed by atoms with Crippen LogP contribution in [0.15, 0.2) is 48.5 Å². The standard InChI is InChI=1S/C20H23O2/c1-2-3-4-5-6-15-22-20-13-11-19(12-14-20)18-9-7-17(16-21)8-10-18/h7-14H,2-6,15H2,1H3. The van der Waals surface area contributed by atoms with Crippen molar-refractivity contribution >= 4 is 6.29 Å². The van der Waals surface area contributed by atoms with E-state index >= 15 is 0 Å². The zero-order valence-corrected chi connectivity index (χ0v) is 13.2. The average Bonchev–Trinajstić information content (AvgIpc) is 2.59. The van der Waals surface area contributed by atoms with E-state index in [2.05, 4.69) is 6.92 Å². The van der Waals surface area contributed by atoms with Crippen LogP contribution in [0, 0.1) is 0 Å². The van der Waals surface area contributed by atoms with E-state index in [1.165, 1.54) is 25.7 Å². The van der Waals surface area contributed by atoms with Gasteiger partial charge in [-0.05, 0) is 29.7 Å².